The Labute approximate surface area is 182 Å². The van der Waals surface area contributed by atoms with Crippen LogP contribution in [0.1, 0.15) is 65.8 Å². The van der Waals surface area contributed by atoms with E-state index in [-0.39, 0.29) is 66.9 Å². The van der Waals surface area contributed by atoms with Crippen molar-refractivity contribution in [3.05, 3.63) is 34.8 Å². The van der Waals surface area contributed by atoms with Gasteiger partial charge in [0.05, 0.1) is 5.69 Å². The second-order valence-electron chi connectivity index (χ2n) is 8.82. The first-order chi connectivity index (χ1) is 15.0. The highest BCUT2D eigenvalue weighted by molar-refractivity contribution is 5.97. The molecule has 2 aromatic heterocycles. The van der Waals surface area contributed by atoms with E-state index in [1.807, 2.05) is 0 Å². The smallest absolute Gasteiger partial charge is 0.381 e. The van der Waals surface area contributed by atoms with Crippen molar-refractivity contribution in [1.29, 1.82) is 0 Å². The van der Waals surface area contributed by atoms with Crippen LogP contribution in [0.3, 0.4) is 0 Å². The minimum absolute atomic E-state index is 0.0130. The predicted octanol–water partition coefficient (Wildman–Crippen LogP) is 4.94. The Morgan fingerprint density at radius 3 is 2.50 bits per heavy atom. The van der Waals surface area contributed by atoms with Crippen LogP contribution in [0.2, 0.25) is 0 Å². The molecular formula is C22H26F5N3O2. The number of aromatic nitrogens is 2. The van der Waals surface area contributed by atoms with Crippen LogP contribution >= 0.6 is 0 Å². The summed E-state index contributed by atoms with van der Waals surface area (Å²) in [6.07, 6.45) is -2.18. The number of pyridine rings is 1. The fourth-order valence-corrected chi connectivity index (χ4v) is 4.64. The van der Waals surface area contributed by atoms with Crippen LogP contribution in [0, 0.1) is 12.8 Å². The molecule has 0 bridgehead atoms. The number of hydrogen-bond acceptors (Lipinski definition) is 3. The maximum absolute atomic E-state index is 13.8. The highest BCUT2D eigenvalue weighted by Crippen LogP contribution is 2.40. The lowest BCUT2D eigenvalue weighted by atomic mass is 9.83. The van der Waals surface area contributed by atoms with Crippen LogP contribution in [0.4, 0.5) is 22.0 Å². The van der Waals surface area contributed by atoms with Crippen LogP contribution in [0.25, 0.3) is 5.65 Å². The highest BCUT2D eigenvalue weighted by atomic mass is 19.4. The summed E-state index contributed by atoms with van der Waals surface area (Å²) in [5.41, 5.74) is -0.370. The molecule has 2 aliphatic rings. The number of rotatable bonds is 4. The number of fused-ring (bicyclic) bond motifs is 1. The van der Waals surface area contributed by atoms with Crippen molar-refractivity contribution >= 4 is 11.6 Å². The first-order valence-electron chi connectivity index (χ1n) is 10.9. The minimum atomic E-state index is -4.68. The average Bonchev–Trinajstić information content (AvgIpc) is 3.10. The molecule has 0 unspecified atom stereocenters. The number of hydrogen-bond donors (Lipinski definition) is 1. The van der Waals surface area contributed by atoms with Crippen molar-refractivity contribution < 1.29 is 31.5 Å². The van der Waals surface area contributed by atoms with E-state index in [9.17, 15) is 26.7 Å². The van der Waals surface area contributed by atoms with Gasteiger partial charge in [-0.25, -0.2) is 13.8 Å². The Morgan fingerprint density at radius 1 is 1.22 bits per heavy atom. The van der Waals surface area contributed by atoms with Gasteiger partial charge in [-0.1, -0.05) is 0 Å². The van der Waals surface area contributed by atoms with Crippen molar-refractivity contribution in [1.82, 2.24) is 14.7 Å². The van der Waals surface area contributed by atoms with Gasteiger partial charge >= 0.3 is 6.18 Å². The van der Waals surface area contributed by atoms with Gasteiger partial charge in [-0.15, -0.1) is 0 Å². The van der Waals surface area contributed by atoms with Gasteiger partial charge in [-0.3, -0.25) is 4.79 Å². The summed E-state index contributed by atoms with van der Waals surface area (Å²) in [6.45, 7) is 2.68. The summed E-state index contributed by atoms with van der Waals surface area (Å²) in [7, 11) is 0. The summed E-state index contributed by atoms with van der Waals surface area (Å²) in [5, 5.41) is 2.92. The Morgan fingerprint density at radius 2 is 1.88 bits per heavy atom. The lowest BCUT2D eigenvalue weighted by Gasteiger charge is -2.28. The normalized spacial score (nSPS) is 20.6. The summed E-state index contributed by atoms with van der Waals surface area (Å²) in [5.74, 6) is -3.37. The van der Waals surface area contributed by atoms with Crippen LogP contribution in [-0.2, 0) is 17.3 Å². The number of amides is 1. The number of carbonyl (C=O) groups is 1. The maximum Gasteiger partial charge on any atom is 0.435 e. The van der Waals surface area contributed by atoms with E-state index in [4.69, 9.17) is 4.74 Å². The van der Waals surface area contributed by atoms with Crippen LogP contribution in [0.5, 0.6) is 0 Å². The number of ether oxygens (including phenoxy) is 1. The molecule has 2 fully saturated rings. The van der Waals surface area contributed by atoms with Gasteiger partial charge in [0.25, 0.3) is 5.91 Å². The Balaban J connectivity index is 1.64. The van der Waals surface area contributed by atoms with Crippen LogP contribution in [0.15, 0.2) is 12.3 Å². The standard InChI is InChI=1S/C22H26F5N3O2/c1-13-16(20(31)28-15-5-10-32-11-6-15)4-9-30-17(18(22(25,26)27)29-19(13)30)12-14-2-7-21(23,24)8-3-14/h4,9,14-15H,2-3,5-8,10-12H2,1H3,(H,28,31). The molecular weight excluding hydrogens is 433 g/mol. The van der Waals surface area contributed by atoms with Gasteiger partial charge < -0.3 is 14.5 Å². The molecule has 1 amide bonds. The van der Waals surface area contributed by atoms with Crippen molar-refractivity contribution in [3.8, 4) is 0 Å². The quantitative estimate of drug-likeness (QED) is 0.659. The molecule has 10 heteroatoms. The van der Waals surface area contributed by atoms with E-state index in [1.165, 1.54) is 16.7 Å². The van der Waals surface area contributed by atoms with Crippen molar-refractivity contribution in [2.75, 3.05) is 13.2 Å². The molecule has 3 heterocycles. The number of aryl methyl sites for hydroxylation is 1. The summed E-state index contributed by atoms with van der Waals surface area (Å²) < 4.78 is 74.9. The third kappa shape index (κ3) is 4.74. The molecule has 1 saturated carbocycles. The zero-order chi connectivity index (χ0) is 23.1. The molecule has 5 nitrogen and oxygen atoms in total. The third-order valence-electron chi connectivity index (χ3n) is 6.53. The number of carbonyl (C=O) groups excluding carboxylic acids is 1. The largest absolute Gasteiger partial charge is 0.435 e. The average molecular weight is 459 g/mol. The number of alkyl halides is 5. The first-order valence-corrected chi connectivity index (χ1v) is 10.9. The number of imidazole rings is 1. The van der Waals surface area contributed by atoms with E-state index in [0.717, 1.165) is 0 Å². The topological polar surface area (TPSA) is 55.6 Å². The fraction of sp³-hybridized carbons (Fsp3) is 0.636. The SMILES string of the molecule is Cc1c(C(=O)NC2CCOCC2)ccn2c(CC3CCC(F)(F)CC3)c(C(F)(F)F)nc12. The molecule has 0 atom stereocenters. The second-order valence-corrected chi connectivity index (χ2v) is 8.82. The summed E-state index contributed by atoms with van der Waals surface area (Å²) in [6, 6.07) is 1.45. The van der Waals surface area contributed by atoms with Gasteiger partial charge in [0.15, 0.2) is 5.69 Å². The Kier molecular flexibility index (Phi) is 6.17. The van der Waals surface area contributed by atoms with E-state index < -0.39 is 17.8 Å². The monoisotopic (exact) mass is 459 g/mol. The predicted molar refractivity (Wildman–Crippen MR) is 107 cm³/mol. The first kappa shape index (κ1) is 22.9. The molecule has 2 aromatic rings. The summed E-state index contributed by atoms with van der Waals surface area (Å²) >= 11 is 0. The molecule has 176 valence electrons. The molecule has 1 aliphatic heterocycles. The van der Waals surface area contributed by atoms with Crippen molar-refractivity contribution in [2.45, 2.75) is 70.0 Å². The lowest BCUT2D eigenvalue weighted by molar-refractivity contribution is -0.141. The lowest BCUT2D eigenvalue weighted by Crippen LogP contribution is -2.39. The van der Waals surface area contributed by atoms with E-state index in [0.29, 0.717) is 31.6 Å². The molecule has 1 saturated heterocycles. The maximum atomic E-state index is 13.8. The van der Waals surface area contributed by atoms with E-state index in [1.54, 1.807) is 6.92 Å². The van der Waals surface area contributed by atoms with Crippen molar-refractivity contribution in [3.63, 3.8) is 0 Å². The minimum Gasteiger partial charge on any atom is -0.381 e. The van der Waals surface area contributed by atoms with Gasteiger partial charge in [0.2, 0.25) is 5.92 Å². The number of nitrogens with one attached hydrogen (secondary N) is 1. The number of halogens is 5. The Hall–Kier alpha value is -2.23. The number of nitrogens with zero attached hydrogens (tertiary/aromatic N) is 2. The molecule has 0 aromatic carbocycles. The van der Waals surface area contributed by atoms with Crippen molar-refractivity contribution in [2.24, 2.45) is 5.92 Å². The van der Waals surface area contributed by atoms with Crippen LogP contribution in [-0.4, -0.2) is 40.5 Å². The van der Waals surface area contributed by atoms with E-state index in [2.05, 4.69) is 10.3 Å². The molecule has 1 N–H and O–H groups in total. The molecule has 1 aliphatic carbocycles. The zero-order valence-electron chi connectivity index (χ0n) is 17.8. The molecule has 4 rings (SSSR count). The highest BCUT2D eigenvalue weighted by Gasteiger charge is 2.40. The third-order valence-corrected chi connectivity index (χ3v) is 6.53. The van der Waals surface area contributed by atoms with Gasteiger partial charge in [0, 0.05) is 49.4 Å². The second kappa shape index (κ2) is 8.61. The molecule has 0 radical (unpaired) electrons. The van der Waals surface area contributed by atoms with Gasteiger partial charge in [-0.2, -0.15) is 13.2 Å². The molecule has 32 heavy (non-hydrogen) atoms. The molecule has 0 spiro atoms. The fourth-order valence-electron chi connectivity index (χ4n) is 4.64. The van der Waals surface area contributed by atoms with E-state index >= 15 is 0 Å². The van der Waals surface area contributed by atoms with Gasteiger partial charge in [0.1, 0.15) is 5.65 Å². The zero-order valence-corrected chi connectivity index (χ0v) is 17.8. The Bertz CT molecular complexity index is 986. The van der Waals surface area contributed by atoms with Gasteiger partial charge in [-0.05, 0) is 51.0 Å². The summed E-state index contributed by atoms with van der Waals surface area (Å²) in [4.78, 5) is 16.6. The van der Waals surface area contributed by atoms with Crippen LogP contribution < -0.4 is 5.32 Å².